The lowest BCUT2D eigenvalue weighted by Crippen LogP contribution is -2.37. The zero-order valence-electron chi connectivity index (χ0n) is 11.4. The highest BCUT2D eigenvalue weighted by Gasteiger charge is 2.15. The van der Waals surface area contributed by atoms with Crippen molar-refractivity contribution in [2.75, 3.05) is 13.7 Å². The Bertz CT molecular complexity index is 522. The molecule has 2 N–H and O–H groups in total. The largest absolute Gasteiger partial charge is 0.467 e. The second-order valence-electron chi connectivity index (χ2n) is 4.24. The van der Waals surface area contributed by atoms with Gasteiger partial charge in [-0.3, -0.25) is 9.59 Å². The number of aryl methyl sites for hydroxylation is 1. The van der Waals surface area contributed by atoms with Gasteiger partial charge in [-0.15, -0.1) is 0 Å². The number of aliphatic hydroxyl groups is 1. The van der Waals surface area contributed by atoms with E-state index in [2.05, 4.69) is 10.1 Å². The third-order valence-electron chi connectivity index (χ3n) is 2.73. The van der Waals surface area contributed by atoms with E-state index in [0.717, 1.165) is 24.1 Å². The smallest absolute Gasteiger partial charge is 0.336 e. The molecule has 8 heteroatoms. The van der Waals surface area contributed by atoms with Gasteiger partial charge in [0.15, 0.2) is 6.10 Å². The number of methoxy groups -OCH3 is 1. The van der Waals surface area contributed by atoms with Crippen LogP contribution in [0.1, 0.15) is 18.5 Å². The van der Waals surface area contributed by atoms with Crippen molar-refractivity contribution in [3.8, 4) is 0 Å². The number of esters is 1. The number of amides is 1. The van der Waals surface area contributed by atoms with Crippen LogP contribution in [0.3, 0.4) is 0 Å². The molecular weight excluding hydrogens is 284 g/mol. The molecule has 1 heterocycles. The van der Waals surface area contributed by atoms with Crippen molar-refractivity contribution in [1.29, 1.82) is 0 Å². The van der Waals surface area contributed by atoms with Gasteiger partial charge in [0.05, 0.1) is 13.7 Å². The minimum absolute atomic E-state index is 0.0379. The Morgan fingerprint density at radius 2 is 2.25 bits per heavy atom. The van der Waals surface area contributed by atoms with Crippen LogP contribution in [0.4, 0.5) is 0 Å². The van der Waals surface area contributed by atoms with Crippen LogP contribution in [0.2, 0.25) is 0 Å². The van der Waals surface area contributed by atoms with E-state index in [-0.39, 0.29) is 23.7 Å². The van der Waals surface area contributed by atoms with Crippen molar-refractivity contribution in [1.82, 2.24) is 9.88 Å². The van der Waals surface area contributed by atoms with Crippen LogP contribution < -0.4 is 10.2 Å². The summed E-state index contributed by atoms with van der Waals surface area (Å²) in [6, 6.07) is 0. The summed E-state index contributed by atoms with van der Waals surface area (Å²) < 4.78 is 5.94. The number of carbonyl (C=O) groups excluding carboxylic acids is 2. The number of thiazole rings is 1. The summed E-state index contributed by atoms with van der Waals surface area (Å²) in [6.45, 7) is 2.13. The molecule has 7 nitrogen and oxygen atoms in total. The van der Waals surface area contributed by atoms with E-state index >= 15 is 0 Å². The molecule has 1 rings (SSSR count). The Hall–Kier alpha value is -1.67. The van der Waals surface area contributed by atoms with E-state index in [4.69, 9.17) is 0 Å². The Morgan fingerprint density at radius 3 is 2.80 bits per heavy atom. The monoisotopic (exact) mass is 302 g/mol. The number of hydrogen-bond acceptors (Lipinski definition) is 6. The molecule has 112 valence electrons. The maximum atomic E-state index is 11.5. The van der Waals surface area contributed by atoms with Crippen LogP contribution in [-0.4, -0.2) is 41.3 Å². The molecule has 1 atom stereocenters. The van der Waals surface area contributed by atoms with Crippen molar-refractivity contribution >= 4 is 23.2 Å². The van der Waals surface area contributed by atoms with Gasteiger partial charge in [-0.2, -0.15) is 0 Å². The van der Waals surface area contributed by atoms with E-state index in [1.807, 2.05) is 6.92 Å². The molecule has 20 heavy (non-hydrogen) atoms. The molecule has 0 spiro atoms. The fraction of sp³-hybridized carbons (Fsp3) is 0.583. The number of nitrogens with one attached hydrogen (secondary N) is 1. The van der Waals surface area contributed by atoms with Crippen molar-refractivity contribution < 1.29 is 19.4 Å². The van der Waals surface area contributed by atoms with Gasteiger partial charge in [0, 0.05) is 24.0 Å². The van der Waals surface area contributed by atoms with E-state index in [1.165, 1.54) is 0 Å². The number of nitrogens with zero attached hydrogens (tertiary/aromatic N) is 1. The zero-order chi connectivity index (χ0) is 15.1. The highest BCUT2D eigenvalue weighted by atomic mass is 32.1. The van der Waals surface area contributed by atoms with Crippen LogP contribution in [0.5, 0.6) is 0 Å². The molecule has 0 radical (unpaired) electrons. The Labute approximate surface area is 120 Å². The normalized spacial score (nSPS) is 11.9. The van der Waals surface area contributed by atoms with Crippen LogP contribution >= 0.6 is 11.3 Å². The summed E-state index contributed by atoms with van der Waals surface area (Å²) in [7, 11) is 1.16. The Morgan fingerprint density at radius 1 is 1.55 bits per heavy atom. The van der Waals surface area contributed by atoms with Crippen LogP contribution in [0.25, 0.3) is 0 Å². The second kappa shape index (κ2) is 7.81. The molecule has 0 saturated heterocycles. The maximum absolute atomic E-state index is 11.5. The SMILES string of the molecule is COC(=O)C(O)CNC(=O)CCCn1c(C)csc1=O. The lowest BCUT2D eigenvalue weighted by Gasteiger charge is -2.10. The summed E-state index contributed by atoms with van der Waals surface area (Å²) in [5, 5.41) is 13.5. The van der Waals surface area contributed by atoms with Crippen LogP contribution in [-0.2, 0) is 20.9 Å². The maximum Gasteiger partial charge on any atom is 0.336 e. The van der Waals surface area contributed by atoms with Crippen molar-refractivity contribution in [3.05, 3.63) is 20.7 Å². The van der Waals surface area contributed by atoms with Crippen molar-refractivity contribution in [2.24, 2.45) is 0 Å². The standard InChI is InChI=1S/C12H18N2O5S/c1-8-7-20-12(18)14(8)5-3-4-10(16)13-6-9(15)11(17)19-2/h7,9,15H,3-6H2,1-2H3,(H,13,16). The van der Waals surface area contributed by atoms with Gasteiger partial charge >= 0.3 is 10.8 Å². The molecule has 0 fully saturated rings. The van der Waals surface area contributed by atoms with Gasteiger partial charge in [-0.25, -0.2) is 4.79 Å². The molecule has 1 aromatic heterocycles. The van der Waals surface area contributed by atoms with Gasteiger partial charge in [0.25, 0.3) is 0 Å². The third kappa shape index (κ3) is 4.78. The molecule has 0 bridgehead atoms. The predicted molar refractivity (Wildman–Crippen MR) is 73.6 cm³/mol. The minimum Gasteiger partial charge on any atom is -0.467 e. The van der Waals surface area contributed by atoms with E-state index in [0.29, 0.717) is 13.0 Å². The fourth-order valence-electron chi connectivity index (χ4n) is 1.59. The lowest BCUT2D eigenvalue weighted by atomic mass is 10.2. The number of aromatic nitrogens is 1. The average Bonchev–Trinajstić information content (AvgIpc) is 2.75. The molecule has 0 aliphatic carbocycles. The summed E-state index contributed by atoms with van der Waals surface area (Å²) in [5.41, 5.74) is 0.876. The summed E-state index contributed by atoms with van der Waals surface area (Å²) in [5.74, 6) is -1.07. The van der Waals surface area contributed by atoms with Crippen LogP contribution in [0.15, 0.2) is 10.2 Å². The van der Waals surface area contributed by atoms with E-state index < -0.39 is 12.1 Å². The first-order valence-electron chi connectivity index (χ1n) is 6.13. The first-order chi connectivity index (χ1) is 9.45. The number of carbonyl (C=O) groups is 2. The third-order valence-corrected chi connectivity index (χ3v) is 3.61. The zero-order valence-corrected chi connectivity index (χ0v) is 12.2. The Balaban J connectivity index is 2.27. The number of rotatable bonds is 7. The minimum atomic E-state index is -1.36. The van der Waals surface area contributed by atoms with E-state index in [1.54, 1.807) is 9.95 Å². The molecule has 0 saturated carbocycles. The molecular formula is C12H18N2O5S. The van der Waals surface area contributed by atoms with Crippen LogP contribution in [0, 0.1) is 6.92 Å². The van der Waals surface area contributed by atoms with Gasteiger partial charge in [-0.05, 0) is 13.3 Å². The molecule has 0 aliphatic heterocycles. The molecule has 1 unspecified atom stereocenters. The molecule has 1 amide bonds. The van der Waals surface area contributed by atoms with Gasteiger partial charge in [0.1, 0.15) is 0 Å². The highest BCUT2D eigenvalue weighted by Crippen LogP contribution is 2.02. The van der Waals surface area contributed by atoms with Gasteiger partial charge in [-0.1, -0.05) is 11.3 Å². The first kappa shape index (κ1) is 16.4. The molecule has 0 aromatic carbocycles. The topological polar surface area (TPSA) is 97.6 Å². The summed E-state index contributed by atoms with van der Waals surface area (Å²) in [4.78, 5) is 33.8. The second-order valence-corrected chi connectivity index (χ2v) is 5.06. The molecule has 1 aromatic rings. The lowest BCUT2D eigenvalue weighted by molar-refractivity contribution is -0.150. The number of aliphatic hydroxyl groups excluding tert-OH is 1. The predicted octanol–water partition coefficient (Wildman–Crippen LogP) is -0.351. The van der Waals surface area contributed by atoms with Crippen molar-refractivity contribution in [2.45, 2.75) is 32.4 Å². The fourth-order valence-corrected chi connectivity index (χ4v) is 2.35. The summed E-state index contributed by atoms with van der Waals surface area (Å²) in [6.07, 6.45) is -0.626. The number of ether oxygens (including phenoxy) is 1. The summed E-state index contributed by atoms with van der Waals surface area (Å²) >= 11 is 1.13. The first-order valence-corrected chi connectivity index (χ1v) is 7.01. The van der Waals surface area contributed by atoms with Gasteiger partial charge in [0.2, 0.25) is 5.91 Å². The number of hydrogen-bond donors (Lipinski definition) is 2. The van der Waals surface area contributed by atoms with Gasteiger partial charge < -0.3 is 19.7 Å². The Kier molecular flexibility index (Phi) is 6.40. The molecule has 0 aliphatic rings. The average molecular weight is 302 g/mol. The van der Waals surface area contributed by atoms with Crippen molar-refractivity contribution in [3.63, 3.8) is 0 Å². The quantitative estimate of drug-likeness (QED) is 0.671. The van der Waals surface area contributed by atoms with E-state index in [9.17, 15) is 19.5 Å². The highest BCUT2D eigenvalue weighted by molar-refractivity contribution is 7.07.